The van der Waals surface area contributed by atoms with Gasteiger partial charge in [-0.25, -0.2) is 4.99 Å². The van der Waals surface area contributed by atoms with E-state index in [1.165, 1.54) is 5.56 Å². The van der Waals surface area contributed by atoms with Crippen molar-refractivity contribution in [3.05, 3.63) is 29.8 Å². The topological polar surface area (TPSA) is 86.2 Å². The third-order valence-electron chi connectivity index (χ3n) is 5.59. The monoisotopic (exact) mass is 388 g/mol. The van der Waals surface area contributed by atoms with Crippen LogP contribution in [0.3, 0.4) is 0 Å². The molecule has 1 atom stereocenters. The molecule has 1 aromatic rings. The van der Waals surface area contributed by atoms with Crippen LogP contribution >= 0.6 is 0 Å². The number of fused-ring (bicyclic) bond motifs is 1. The van der Waals surface area contributed by atoms with Gasteiger partial charge in [0, 0.05) is 44.0 Å². The van der Waals surface area contributed by atoms with Crippen LogP contribution in [0.5, 0.6) is 0 Å². The summed E-state index contributed by atoms with van der Waals surface area (Å²) >= 11 is 0. The Kier molecular flexibility index (Phi) is 7.28. The van der Waals surface area contributed by atoms with E-state index in [4.69, 9.17) is 4.74 Å². The largest absolute Gasteiger partial charge is 0.396 e. The maximum atomic E-state index is 12.8. The molecule has 154 valence electrons. The number of amides is 1. The summed E-state index contributed by atoms with van der Waals surface area (Å²) in [4.78, 5) is 19.2. The number of rotatable bonds is 7. The third-order valence-corrected chi connectivity index (χ3v) is 5.59. The molecule has 2 heterocycles. The quantitative estimate of drug-likeness (QED) is 0.484. The van der Waals surface area contributed by atoms with Gasteiger partial charge in [-0.05, 0) is 44.2 Å². The molecular formula is C21H32N4O3. The summed E-state index contributed by atoms with van der Waals surface area (Å²) in [6, 6.07) is 8.10. The SMILES string of the molecule is CCNC(=NCC(=O)N1CCCc2ccccc21)NCC1(CCO)CCOC1. The Bertz CT molecular complexity index is 686. The van der Waals surface area contributed by atoms with Crippen molar-refractivity contribution >= 4 is 17.6 Å². The van der Waals surface area contributed by atoms with Crippen LogP contribution in [0.15, 0.2) is 29.3 Å². The molecule has 1 saturated heterocycles. The maximum Gasteiger partial charge on any atom is 0.248 e. The number of aliphatic hydroxyl groups is 1. The van der Waals surface area contributed by atoms with Crippen molar-refractivity contribution in [2.45, 2.75) is 32.6 Å². The van der Waals surface area contributed by atoms with Crippen molar-refractivity contribution in [2.24, 2.45) is 10.4 Å². The van der Waals surface area contributed by atoms with Gasteiger partial charge in [-0.1, -0.05) is 18.2 Å². The molecule has 0 bridgehead atoms. The van der Waals surface area contributed by atoms with Crippen LogP contribution in [0.2, 0.25) is 0 Å². The van der Waals surface area contributed by atoms with Crippen molar-refractivity contribution in [2.75, 3.05) is 50.9 Å². The number of ether oxygens (including phenoxy) is 1. The number of hydrogen-bond donors (Lipinski definition) is 3. The Morgan fingerprint density at radius 1 is 1.36 bits per heavy atom. The van der Waals surface area contributed by atoms with Crippen LogP contribution < -0.4 is 15.5 Å². The average Bonchev–Trinajstić information content (AvgIpc) is 3.18. The van der Waals surface area contributed by atoms with Crippen molar-refractivity contribution in [3.63, 3.8) is 0 Å². The fourth-order valence-corrected chi connectivity index (χ4v) is 3.95. The van der Waals surface area contributed by atoms with E-state index in [0.717, 1.165) is 44.6 Å². The molecule has 0 aromatic heterocycles. The molecule has 7 nitrogen and oxygen atoms in total. The van der Waals surface area contributed by atoms with Gasteiger partial charge in [0.25, 0.3) is 0 Å². The van der Waals surface area contributed by atoms with E-state index in [1.807, 2.05) is 30.0 Å². The molecule has 0 aliphatic carbocycles. The number of benzene rings is 1. The van der Waals surface area contributed by atoms with Gasteiger partial charge < -0.3 is 25.4 Å². The van der Waals surface area contributed by atoms with Crippen LogP contribution in [0.4, 0.5) is 5.69 Å². The zero-order valence-corrected chi connectivity index (χ0v) is 16.7. The number of carbonyl (C=O) groups is 1. The van der Waals surface area contributed by atoms with Crippen LogP contribution in [0.1, 0.15) is 31.7 Å². The number of nitrogens with zero attached hydrogens (tertiary/aromatic N) is 2. The lowest BCUT2D eigenvalue weighted by atomic mass is 9.84. The second kappa shape index (κ2) is 9.89. The Labute approximate surface area is 167 Å². The number of para-hydroxylation sites is 1. The predicted octanol–water partition coefficient (Wildman–Crippen LogP) is 1.31. The first-order chi connectivity index (χ1) is 13.7. The van der Waals surface area contributed by atoms with Crippen molar-refractivity contribution in [3.8, 4) is 0 Å². The molecule has 1 aromatic carbocycles. The summed E-state index contributed by atoms with van der Waals surface area (Å²) in [6.07, 6.45) is 3.61. The lowest BCUT2D eigenvalue weighted by Crippen LogP contribution is -2.45. The smallest absolute Gasteiger partial charge is 0.248 e. The summed E-state index contributed by atoms with van der Waals surface area (Å²) < 4.78 is 5.54. The first-order valence-corrected chi connectivity index (χ1v) is 10.3. The van der Waals surface area contributed by atoms with Gasteiger partial charge >= 0.3 is 0 Å². The van der Waals surface area contributed by atoms with Gasteiger partial charge in [-0.3, -0.25) is 4.79 Å². The predicted molar refractivity (Wildman–Crippen MR) is 111 cm³/mol. The second-order valence-electron chi connectivity index (χ2n) is 7.60. The first-order valence-electron chi connectivity index (χ1n) is 10.3. The van der Waals surface area contributed by atoms with Crippen LogP contribution in [-0.2, 0) is 16.0 Å². The summed E-state index contributed by atoms with van der Waals surface area (Å²) in [5, 5.41) is 15.9. The molecule has 0 radical (unpaired) electrons. The molecule has 28 heavy (non-hydrogen) atoms. The van der Waals surface area contributed by atoms with Gasteiger partial charge in [-0.15, -0.1) is 0 Å². The third kappa shape index (κ3) is 5.02. The van der Waals surface area contributed by atoms with Gasteiger partial charge in [0.2, 0.25) is 5.91 Å². The molecular weight excluding hydrogens is 356 g/mol. The fraction of sp³-hybridized carbons (Fsp3) is 0.619. The van der Waals surface area contributed by atoms with Crippen molar-refractivity contribution in [1.82, 2.24) is 10.6 Å². The number of guanidine groups is 1. The normalized spacial score (nSPS) is 22.1. The van der Waals surface area contributed by atoms with Crippen LogP contribution in [-0.4, -0.2) is 63.0 Å². The van der Waals surface area contributed by atoms with Crippen LogP contribution in [0, 0.1) is 5.41 Å². The number of aliphatic imine (C=N–C) groups is 1. The van der Waals surface area contributed by atoms with E-state index in [1.54, 1.807) is 0 Å². The van der Waals surface area contributed by atoms with E-state index >= 15 is 0 Å². The molecule has 3 rings (SSSR count). The summed E-state index contributed by atoms with van der Waals surface area (Å²) in [7, 11) is 0. The minimum atomic E-state index is -0.0687. The highest BCUT2D eigenvalue weighted by Crippen LogP contribution is 2.31. The van der Waals surface area contributed by atoms with E-state index in [0.29, 0.717) is 25.5 Å². The Hall–Kier alpha value is -2.12. The molecule has 2 aliphatic rings. The molecule has 0 saturated carbocycles. The minimum Gasteiger partial charge on any atom is -0.396 e. The highest BCUT2D eigenvalue weighted by Gasteiger charge is 2.34. The summed E-state index contributed by atoms with van der Waals surface area (Å²) in [6.45, 7) is 5.75. The number of anilines is 1. The Balaban J connectivity index is 1.62. The lowest BCUT2D eigenvalue weighted by Gasteiger charge is -2.29. The zero-order chi connectivity index (χ0) is 19.8. The van der Waals surface area contributed by atoms with Crippen molar-refractivity contribution < 1.29 is 14.6 Å². The van der Waals surface area contributed by atoms with Gasteiger partial charge in [0.1, 0.15) is 6.54 Å². The fourth-order valence-electron chi connectivity index (χ4n) is 3.95. The van der Waals surface area contributed by atoms with Gasteiger partial charge in [0.05, 0.1) is 6.61 Å². The standard InChI is InChI=1S/C21H32N4O3/c1-2-22-20(24-15-21(9-12-26)10-13-28-16-21)23-14-19(27)25-11-5-7-17-6-3-4-8-18(17)25/h3-4,6,8,26H,2,5,7,9-16H2,1H3,(H2,22,23,24). The molecule has 2 aliphatic heterocycles. The number of nitrogens with one attached hydrogen (secondary N) is 2. The lowest BCUT2D eigenvalue weighted by molar-refractivity contribution is -0.117. The second-order valence-corrected chi connectivity index (χ2v) is 7.60. The molecule has 1 unspecified atom stereocenters. The zero-order valence-electron chi connectivity index (χ0n) is 16.7. The molecule has 1 fully saturated rings. The average molecular weight is 389 g/mol. The first kappa shape index (κ1) is 20.6. The van der Waals surface area contributed by atoms with Gasteiger partial charge in [-0.2, -0.15) is 0 Å². The number of aryl methyl sites for hydroxylation is 1. The molecule has 0 spiro atoms. The highest BCUT2D eigenvalue weighted by molar-refractivity contribution is 5.97. The molecule has 7 heteroatoms. The molecule has 1 amide bonds. The van der Waals surface area contributed by atoms with Crippen LogP contribution in [0.25, 0.3) is 0 Å². The van der Waals surface area contributed by atoms with E-state index < -0.39 is 0 Å². The van der Waals surface area contributed by atoms with E-state index in [9.17, 15) is 9.90 Å². The number of aliphatic hydroxyl groups excluding tert-OH is 1. The number of hydrogen-bond acceptors (Lipinski definition) is 4. The minimum absolute atomic E-state index is 0.0126. The Morgan fingerprint density at radius 3 is 2.96 bits per heavy atom. The van der Waals surface area contributed by atoms with Crippen molar-refractivity contribution in [1.29, 1.82) is 0 Å². The number of carbonyl (C=O) groups excluding carboxylic acids is 1. The summed E-state index contributed by atoms with van der Waals surface area (Å²) in [5.74, 6) is 0.643. The maximum absolute atomic E-state index is 12.8. The van der Waals surface area contributed by atoms with Gasteiger partial charge in [0.15, 0.2) is 5.96 Å². The highest BCUT2D eigenvalue weighted by atomic mass is 16.5. The van der Waals surface area contributed by atoms with E-state index in [-0.39, 0.29) is 24.5 Å². The Morgan fingerprint density at radius 2 is 2.21 bits per heavy atom. The summed E-state index contributed by atoms with van der Waals surface area (Å²) in [5.41, 5.74) is 2.17. The molecule has 3 N–H and O–H groups in total. The van der Waals surface area contributed by atoms with E-state index in [2.05, 4.69) is 21.7 Å².